The molecule has 0 amide bonds. The van der Waals surface area contributed by atoms with Crippen LogP contribution in [0.3, 0.4) is 0 Å². The van der Waals surface area contributed by atoms with Gasteiger partial charge in [0.15, 0.2) is 5.82 Å². The van der Waals surface area contributed by atoms with E-state index in [0.29, 0.717) is 12.5 Å². The summed E-state index contributed by atoms with van der Waals surface area (Å²) < 4.78 is 1.82. The summed E-state index contributed by atoms with van der Waals surface area (Å²) in [7, 11) is 1.90. The number of hydrogen-bond acceptors (Lipinski definition) is 4. The number of aryl methyl sites for hydroxylation is 2. The van der Waals surface area contributed by atoms with Gasteiger partial charge in [-0.25, -0.2) is 0 Å². The minimum atomic E-state index is 0.528. The molecule has 0 unspecified atom stereocenters. The van der Waals surface area contributed by atoms with Crippen molar-refractivity contribution in [3.8, 4) is 6.07 Å². The summed E-state index contributed by atoms with van der Waals surface area (Å²) in [5, 5.41) is 13.0. The fourth-order valence-electron chi connectivity index (χ4n) is 2.02. The molecular formula is C11H17N5. The summed E-state index contributed by atoms with van der Waals surface area (Å²) in [6.07, 6.45) is 2.91. The Hall–Kier alpha value is -1.70. The zero-order valence-electron chi connectivity index (χ0n) is 9.77. The SMILES string of the molecule is Cc1nn(C)c(N(CCC#N)C2CC2)c1N. The van der Waals surface area contributed by atoms with Gasteiger partial charge in [-0.2, -0.15) is 10.4 Å². The minimum absolute atomic E-state index is 0.528. The van der Waals surface area contributed by atoms with Crippen LogP contribution in [0, 0.1) is 18.3 Å². The average Bonchev–Trinajstić information content (AvgIpc) is 3.02. The molecule has 0 atom stereocenters. The molecule has 0 radical (unpaired) electrons. The van der Waals surface area contributed by atoms with E-state index in [-0.39, 0.29) is 0 Å². The van der Waals surface area contributed by atoms with Crippen molar-refractivity contribution in [1.82, 2.24) is 9.78 Å². The predicted molar refractivity (Wildman–Crippen MR) is 63.0 cm³/mol. The molecule has 1 aromatic rings. The van der Waals surface area contributed by atoms with Crippen molar-refractivity contribution in [3.05, 3.63) is 5.69 Å². The van der Waals surface area contributed by atoms with E-state index >= 15 is 0 Å². The van der Waals surface area contributed by atoms with Crippen molar-refractivity contribution in [2.24, 2.45) is 7.05 Å². The molecule has 0 saturated heterocycles. The van der Waals surface area contributed by atoms with Crippen LogP contribution in [0.15, 0.2) is 0 Å². The van der Waals surface area contributed by atoms with Gasteiger partial charge < -0.3 is 10.6 Å². The van der Waals surface area contributed by atoms with Crippen LogP contribution in [0.4, 0.5) is 11.5 Å². The van der Waals surface area contributed by atoms with Crippen LogP contribution in [0.2, 0.25) is 0 Å². The van der Waals surface area contributed by atoms with Gasteiger partial charge in [0.1, 0.15) is 0 Å². The molecule has 2 N–H and O–H groups in total. The monoisotopic (exact) mass is 219 g/mol. The second kappa shape index (κ2) is 4.05. The smallest absolute Gasteiger partial charge is 0.150 e. The van der Waals surface area contributed by atoms with Crippen molar-refractivity contribution in [2.45, 2.75) is 32.2 Å². The molecule has 5 heteroatoms. The summed E-state index contributed by atoms with van der Waals surface area (Å²) in [5.74, 6) is 0.968. The molecule has 1 heterocycles. The summed E-state index contributed by atoms with van der Waals surface area (Å²) in [6.45, 7) is 2.65. The molecule has 0 spiro atoms. The Balaban J connectivity index is 2.27. The van der Waals surface area contributed by atoms with Crippen molar-refractivity contribution in [2.75, 3.05) is 17.2 Å². The lowest BCUT2D eigenvalue weighted by atomic mass is 10.3. The van der Waals surface area contributed by atoms with Gasteiger partial charge in [-0.3, -0.25) is 4.68 Å². The Labute approximate surface area is 95.4 Å². The van der Waals surface area contributed by atoms with E-state index in [1.165, 1.54) is 12.8 Å². The first-order valence-electron chi connectivity index (χ1n) is 5.57. The Morgan fingerprint density at radius 3 is 2.75 bits per heavy atom. The van der Waals surface area contributed by atoms with Gasteiger partial charge in [-0.15, -0.1) is 0 Å². The van der Waals surface area contributed by atoms with Crippen molar-refractivity contribution < 1.29 is 0 Å². The van der Waals surface area contributed by atoms with E-state index in [1.54, 1.807) is 0 Å². The van der Waals surface area contributed by atoms with Crippen LogP contribution in [-0.2, 0) is 7.05 Å². The fraction of sp³-hybridized carbons (Fsp3) is 0.636. The van der Waals surface area contributed by atoms with Crippen LogP contribution in [0.1, 0.15) is 25.0 Å². The lowest BCUT2D eigenvalue weighted by Crippen LogP contribution is -2.29. The molecule has 1 aliphatic carbocycles. The molecule has 1 saturated carbocycles. The van der Waals surface area contributed by atoms with E-state index in [4.69, 9.17) is 11.0 Å². The first kappa shape index (κ1) is 10.8. The third kappa shape index (κ3) is 1.83. The predicted octanol–water partition coefficient (Wildman–Crippen LogP) is 1.19. The third-order valence-electron chi connectivity index (χ3n) is 2.96. The molecule has 16 heavy (non-hydrogen) atoms. The maximum absolute atomic E-state index is 8.68. The van der Waals surface area contributed by atoms with Crippen LogP contribution < -0.4 is 10.6 Å². The average molecular weight is 219 g/mol. The van der Waals surface area contributed by atoms with Gasteiger partial charge in [-0.1, -0.05) is 0 Å². The molecule has 1 aliphatic rings. The number of nitrogens with two attached hydrogens (primary N) is 1. The lowest BCUT2D eigenvalue weighted by Gasteiger charge is -2.23. The number of nitriles is 1. The molecule has 0 bridgehead atoms. The Morgan fingerprint density at radius 2 is 2.31 bits per heavy atom. The lowest BCUT2D eigenvalue weighted by molar-refractivity contribution is 0.694. The number of nitrogens with zero attached hydrogens (tertiary/aromatic N) is 4. The minimum Gasteiger partial charge on any atom is -0.394 e. The molecule has 2 rings (SSSR count). The van der Waals surface area contributed by atoms with Crippen LogP contribution in [0.25, 0.3) is 0 Å². The second-order valence-electron chi connectivity index (χ2n) is 4.28. The quantitative estimate of drug-likeness (QED) is 0.825. The highest BCUT2D eigenvalue weighted by Crippen LogP contribution is 2.35. The van der Waals surface area contributed by atoms with E-state index in [1.807, 2.05) is 18.7 Å². The van der Waals surface area contributed by atoms with Crippen molar-refractivity contribution >= 4 is 11.5 Å². The number of aromatic nitrogens is 2. The highest BCUT2D eigenvalue weighted by Gasteiger charge is 2.32. The van der Waals surface area contributed by atoms with Gasteiger partial charge in [-0.05, 0) is 19.8 Å². The van der Waals surface area contributed by atoms with Crippen LogP contribution in [-0.4, -0.2) is 22.4 Å². The van der Waals surface area contributed by atoms with Gasteiger partial charge in [0.05, 0.1) is 23.9 Å². The van der Waals surface area contributed by atoms with E-state index < -0.39 is 0 Å². The Kier molecular flexibility index (Phi) is 2.73. The molecule has 86 valence electrons. The largest absolute Gasteiger partial charge is 0.394 e. The van der Waals surface area contributed by atoms with Gasteiger partial charge in [0.2, 0.25) is 0 Å². The molecule has 1 fully saturated rings. The third-order valence-corrected chi connectivity index (χ3v) is 2.96. The molecule has 0 aliphatic heterocycles. The molecular weight excluding hydrogens is 202 g/mol. The summed E-state index contributed by atoms with van der Waals surface area (Å²) in [5.41, 5.74) is 7.64. The molecule has 1 aromatic heterocycles. The zero-order valence-corrected chi connectivity index (χ0v) is 9.77. The van der Waals surface area contributed by atoms with E-state index in [2.05, 4.69) is 16.1 Å². The molecule has 5 nitrogen and oxygen atoms in total. The second-order valence-corrected chi connectivity index (χ2v) is 4.28. The van der Waals surface area contributed by atoms with Crippen molar-refractivity contribution in [1.29, 1.82) is 5.26 Å². The first-order chi connectivity index (χ1) is 7.65. The van der Waals surface area contributed by atoms with E-state index in [9.17, 15) is 0 Å². The van der Waals surface area contributed by atoms with Gasteiger partial charge in [0, 0.05) is 19.6 Å². The van der Waals surface area contributed by atoms with Crippen molar-refractivity contribution in [3.63, 3.8) is 0 Å². The summed E-state index contributed by atoms with van der Waals surface area (Å²) in [4.78, 5) is 2.22. The normalized spacial score (nSPS) is 14.8. The number of nitrogen functional groups attached to an aromatic ring is 1. The van der Waals surface area contributed by atoms with Crippen LogP contribution >= 0.6 is 0 Å². The number of rotatable bonds is 4. The summed E-state index contributed by atoms with van der Waals surface area (Å²) in [6, 6.07) is 2.73. The zero-order chi connectivity index (χ0) is 11.7. The maximum atomic E-state index is 8.68. The maximum Gasteiger partial charge on any atom is 0.150 e. The number of hydrogen-bond donors (Lipinski definition) is 1. The standard InChI is InChI=1S/C11H17N5/c1-8-10(13)11(15(2)14-8)16(7-3-6-12)9-4-5-9/h9H,3-5,7,13H2,1-2H3. The fourth-order valence-corrected chi connectivity index (χ4v) is 2.02. The highest BCUT2D eigenvalue weighted by atomic mass is 15.4. The topological polar surface area (TPSA) is 70.9 Å². The Bertz CT molecular complexity index is 424. The highest BCUT2D eigenvalue weighted by molar-refractivity contribution is 5.67. The molecule has 0 aromatic carbocycles. The van der Waals surface area contributed by atoms with E-state index in [0.717, 1.165) is 23.7 Å². The van der Waals surface area contributed by atoms with Gasteiger partial charge in [0.25, 0.3) is 0 Å². The number of anilines is 2. The first-order valence-corrected chi connectivity index (χ1v) is 5.57. The van der Waals surface area contributed by atoms with Crippen LogP contribution in [0.5, 0.6) is 0 Å². The Morgan fingerprint density at radius 1 is 1.62 bits per heavy atom. The van der Waals surface area contributed by atoms with Gasteiger partial charge >= 0.3 is 0 Å². The summed E-state index contributed by atoms with van der Waals surface area (Å²) >= 11 is 0.